The molecule has 0 spiro atoms. The molecule has 2 nitrogen and oxygen atoms in total. The number of hydrogen-bond acceptors (Lipinski definition) is 2. The van der Waals surface area contributed by atoms with Crippen molar-refractivity contribution in [3.8, 4) is 0 Å². The van der Waals surface area contributed by atoms with Gasteiger partial charge in [0.25, 0.3) is 0 Å². The fourth-order valence-electron chi connectivity index (χ4n) is 1.95. The minimum Gasteiger partial charge on any atom is -0.279 e. The Labute approximate surface area is 112 Å². The molecule has 2 aromatic rings. The normalized spacial score (nSPS) is 13.4. The third-order valence-corrected chi connectivity index (χ3v) is 3.43. The Balaban J connectivity index is 2.12. The Kier molecular flexibility index (Phi) is 2.73. The lowest BCUT2D eigenvalue weighted by Gasteiger charge is -2.04. The number of nitrogens with zero attached hydrogens (tertiary/aromatic N) is 2. The highest BCUT2D eigenvalue weighted by Gasteiger charge is 2.17. The van der Waals surface area contributed by atoms with Gasteiger partial charge in [-0.2, -0.15) is 0 Å². The van der Waals surface area contributed by atoms with Crippen molar-refractivity contribution >= 4 is 33.2 Å². The van der Waals surface area contributed by atoms with Gasteiger partial charge in [-0.1, -0.05) is 33.6 Å². The topological polar surface area (TPSA) is 25.2 Å². The third-order valence-electron chi connectivity index (χ3n) is 2.73. The number of fused-ring (bicyclic) bond motifs is 1. The summed E-state index contributed by atoms with van der Waals surface area (Å²) < 4.78 is 1.06. The van der Waals surface area contributed by atoms with E-state index in [1.807, 2.05) is 18.2 Å². The quantitative estimate of drug-likeness (QED) is 0.735. The predicted octanol–water partition coefficient (Wildman–Crippen LogP) is 3.85. The fraction of sp³-hybridized carbons (Fsp3) is 0.0769. The van der Waals surface area contributed by atoms with Gasteiger partial charge in [-0.05, 0) is 29.8 Å². The summed E-state index contributed by atoms with van der Waals surface area (Å²) >= 11 is 9.39. The molecule has 0 N–H and O–H groups in total. The van der Waals surface area contributed by atoms with E-state index in [2.05, 4.69) is 38.0 Å². The van der Waals surface area contributed by atoms with E-state index in [1.54, 1.807) is 6.20 Å². The summed E-state index contributed by atoms with van der Waals surface area (Å²) in [7, 11) is 0. The summed E-state index contributed by atoms with van der Waals surface area (Å²) in [5.41, 5.74) is 4.42. The molecule has 0 bridgehead atoms. The summed E-state index contributed by atoms with van der Waals surface area (Å²) in [6, 6.07) is 10.0. The van der Waals surface area contributed by atoms with Crippen LogP contribution in [0.1, 0.15) is 16.7 Å². The van der Waals surface area contributed by atoms with E-state index in [4.69, 9.17) is 11.6 Å². The summed E-state index contributed by atoms with van der Waals surface area (Å²) in [6.45, 7) is 0.734. The molecule has 2 heterocycles. The number of benzene rings is 1. The van der Waals surface area contributed by atoms with Gasteiger partial charge in [0.15, 0.2) is 0 Å². The molecule has 0 aliphatic carbocycles. The van der Waals surface area contributed by atoms with Crippen LogP contribution in [-0.4, -0.2) is 10.7 Å². The van der Waals surface area contributed by atoms with Crippen molar-refractivity contribution in [2.45, 2.75) is 6.54 Å². The van der Waals surface area contributed by atoms with E-state index in [1.165, 1.54) is 11.1 Å². The maximum absolute atomic E-state index is 5.91. The molecule has 4 heteroatoms. The van der Waals surface area contributed by atoms with E-state index in [0.29, 0.717) is 5.15 Å². The van der Waals surface area contributed by atoms with E-state index >= 15 is 0 Å². The van der Waals surface area contributed by atoms with Gasteiger partial charge in [-0.3, -0.25) is 4.99 Å². The van der Waals surface area contributed by atoms with Crippen molar-refractivity contribution in [1.82, 2.24) is 4.98 Å². The maximum Gasteiger partial charge on any atom is 0.129 e. The van der Waals surface area contributed by atoms with Gasteiger partial charge in [-0.25, -0.2) is 4.98 Å². The SMILES string of the molecule is Clc1cc(C2=NCc3ccc(Br)cc32)ccn1. The first kappa shape index (κ1) is 10.9. The van der Waals surface area contributed by atoms with Gasteiger partial charge in [-0.15, -0.1) is 0 Å². The molecule has 0 unspecified atom stereocenters. The van der Waals surface area contributed by atoms with Crippen LogP contribution in [0, 0.1) is 0 Å². The van der Waals surface area contributed by atoms with Crippen LogP contribution in [0.5, 0.6) is 0 Å². The Morgan fingerprint density at radius 3 is 2.88 bits per heavy atom. The Hall–Kier alpha value is -1.19. The fourth-order valence-corrected chi connectivity index (χ4v) is 2.49. The molecule has 0 radical (unpaired) electrons. The highest BCUT2D eigenvalue weighted by atomic mass is 79.9. The zero-order valence-electron chi connectivity index (χ0n) is 8.82. The van der Waals surface area contributed by atoms with Gasteiger partial charge in [0.1, 0.15) is 5.15 Å². The molecule has 1 aromatic carbocycles. The zero-order valence-corrected chi connectivity index (χ0v) is 11.2. The molecule has 0 amide bonds. The van der Waals surface area contributed by atoms with Crippen molar-refractivity contribution in [2.24, 2.45) is 4.99 Å². The second-order valence-electron chi connectivity index (χ2n) is 3.83. The lowest BCUT2D eigenvalue weighted by Crippen LogP contribution is -2.01. The molecule has 0 saturated heterocycles. The first-order chi connectivity index (χ1) is 8.24. The van der Waals surface area contributed by atoms with E-state index in [-0.39, 0.29) is 0 Å². The minimum atomic E-state index is 0.494. The molecular formula is C13H8BrClN2. The van der Waals surface area contributed by atoms with Crippen molar-refractivity contribution < 1.29 is 0 Å². The van der Waals surface area contributed by atoms with Crippen LogP contribution < -0.4 is 0 Å². The lowest BCUT2D eigenvalue weighted by molar-refractivity contribution is 1.11. The van der Waals surface area contributed by atoms with Gasteiger partial charge in [0.2, 0.25) is 0 Å². The first-order valence-electron chi connectivity index (χ1n) is 5.19. The highest BCUT2D eigenvalue weighted by Crippen LogP contribution is 2.26. The average molecular weight is 308 g/mol. The Morgan fingerprint density at radius 1 is 1.18 bits per heavy atom. The number of aliphatic imine (C=N–C) groups is 1. The van der Waals surface area contributed by atoms with Crippen molar-refractivity contribution in [1.29, 1.82) is 0 Å². The van der Waals surface area contributed by atoms with Crippen molar-refractivity contribution in [3.63, 3.8) is 0 Å². The Morgan fingerprint density at radius 2 is 2.06 bits per heavy atom. The van der Waals surface area contributed by atoms with E-state index < -0.39 is 0 Å². The van der Waals surface area contributed by atoms with Crippen LogP contribution in [0.2, 0.25) is 5.15 Å². The molecule has 1 aromatic heterocycles. The zero-order chi connectivity index (χ0) is 11.8. The highest BCUT2D eigenvalue weighted by molar-refractivity contribution is 9.10. The average Bonchev–Trinajstić information content (AvgIpc) is 2.71. The van der Waals surface area contributed by atoms with Gasteiger partial charge in [0, 0.05) is 21.8 Å². The molecule has 84 valence electrons. The Bertz CT molecular complexity index is 623. The summed E-state index contributed by atoms with van der Waals surface area (Å²) in [6.07, 6.45) is 1.70. The van der Waals surface area contributed by atoms with Crippen LogP contribution in [0.4, 0.5) is 0 Å². The number of halogens is 2. The molecule has 1 aliphatic heterocycles. The molecule has 0 saturated carbocycles. The maximum atomic E-state index is 5.91. The van der Waals surface area contributed by atoms with Crippen LogP contribution in [0.3, 0.4) is 0 Å². The minimum absolute atomic E-state index is 0.494. The summed E-state index contributed by atoms with van der Waals surface area (Å²) in [5.74, 6) is 0. The second-order valence-corrected chi connectivity index (χ2v) is 5.14. The molecule has 0 fully saturated rings. The molecule has 3 rings (SSSR count). The molecule has 17 heavy (non-hydrogen) atoms. The van der Waals surface area contributed by atoms with Gasteiger partial charge in [0.05, 0.1) is 12.3 Å². The number of aromatic nitrogens is 1. The molecular weight excluding hydrogens is 300 g/mol. The van der Waals surface area contributed by atoms with E-state index in [0.717, 1.165) is 22.3 Å². The number of rotatable bonds is 1. The first-order valence-corrected chi connectivity index (χ1v) is 6.36. The largest absolute Gasteiger partial charge is 0.279 e. The predicted molar refractivity (Wildman–Crippen MR) is 72.7 cm³/mol. The lowest BCUT2D eigenvalue weighted by atomic mass is 10.0. The smallest absolute Gasteiger partial charge is 0.129 e. The molecule has 0 atom stereocenters. The van der Waals surface area contributed by atoms with Crippen LogP contribution in [0.25, 0.3) is 0 Å². The standard InChI is InChI=1S/C13H8BrClN2/c14-10-2-1-9-7-17-13(11(9)6-10)8-3-4-16-12(15)5-8/h1-6H,7H2. The van der Waals surface area contributed by atoms with Crippen molar-refractivity contribution in [2.75, 3.05) is 0 Å². The molecule has 1 aliphatic rings. The third kappa shape index (κ3) is 2.01. The number of pyridine rings is 1. The summed E-state index contributed by atoms with van der Waals surface area (Å²) in [4.78, 5) is 8.55. The summed E-state index contributed by atoms with van der Waals surface area (Å²) in [5, 5.41) is 0.494. The van der Waals surface area contributed by atoms with Crippen molar-refractivity contribution in [3.05, 3.63) is 62.8 Å². The number of hydrogen-bond donors (Lipinski definition) is 0. The second kappa shape index (κ2) is 4.24. The van der Waals surface area contributed by atoms with Crippen LogP contribution >= 0.6 is 27.5 Å². The van der Waals surface area contributed by atoms with E-state index in [9.17, 15) is 0 Å². The van der Waals surface area contributed by atoms with Gasteiger partial charge >= 0.3 is 0 Å². The van der Waals surface area contributed by atoms with Gasteiger partial charge < -0.3 is 0 Å². The van der Waals surface area contributed by atoms with Crippen LogP contribution in [0.15, 0.2) is 46.0 Å². The monoisotopic (exact) mass is 306 g/mol. The van der Waals surface area contributed by atoms with Crippen LogP contribution in [-0.2, 0) is 6.54 Å².